The predicted molar refractivity (Wildman–Crippen MR) is 124 cm³/mol. The lowest BCUT2D eigenvalue weighted by molar-refractivity contribution is -0.0419. The monoisotopic (exact) mass is 474 g/mol. The largest absolute Gasteiger partial charge is 0.459 e. The van der Waals surface area contributed by atoms with Crippen LogP contribution in [0.3, 0.4) is 0 Å². The molecule has 0 bridgehead atoms. The van der Waals surface area contributed by atoms with Crippen molar-refractivity contribution in [1.82, 2.24) is 29.8 Å². The van der Waals surface area contributed by atoms with Gasteiger partial charge in [-0.1, -0.05) is 48.5 Å². The maximum atomic E-state index is 12.5. The Kier molecular flexibility index (Phi) is 6.06. The molecule has 3 atom stereocenters. The molecule has 0 spiro atoms. The number of carbonyl (C=O) groups excluding carboxylic acids is 1. The molecular formula is C24H22N6O5. The zero-order chi connectivity index (χ0) is 24.4. The van der Waals surface area contributed by atoms with E-state index in [1.807, 2.05) is 36.4 Å². The summed E-state index contributed by atoms with van der Waals surface area (Å²) < 4.78 is 13.0. The van der Waals surface area contributed by atoms with Gasteiger partial charge in [-0.2, -0.15) is 4.80 Å². The van der Waals surface area contributed by atoms with Crippen LogP contribution in [0.15, 0.2) is 76.4 Å². The van der Waals surface area contributed by atoms with Crippen LogP contribution in [-0.2, 0) is 9.47 Å². The fraction of sp³-hybridized carbons (Fsp3) is 0.250. The Labute approximate surface area is 198 Å². The Morgan fingerprint density at radius 1 is 1.11 bits per heavy atom. The average Bonchev–Trinajstić information content (AvgIpc) is 3.53. The van der Waals surface area contributed by atoms with Crippen molar-refractivity contribution in [2.45, 2.75) is 31.7 Å². The van der Waals surface area contributed by atoms with E-state index in [-0.39, 0.29) is 6.61 Å². The van der Waals surface area contributed by atoms with Crippen molar-refractivity contribution in [1.29, 1.82) is 0 Å². The number of hydrogen-bond acceptors (Lipinski definition) is 8. The third kappa shape index (κ3) is 4.66. The van der Waals surface area contributed by atoms with E-state index < -0.39 is 35.6 Å². The number of ether oxygens (including phenoxy) is 2. The standard InChI is InChI=1S/C24H22N6O5/c1-15-13-29(24(33)25-22(15)31)20-12-18(30-27-21(26-28-30)16-8-4-2-5-9-16)19(35-20)14-34-23(32)17-10-6-3-7-11-17/h2-11,13,18-20H,12,14H2,1H3,(H,25,31,33). The lowest BCUT2D eigenvalue weighted by Crippen LogP contribution is -2.33. The molecule has 4 aromatic rings. The number of aromatic amines is 1. The molecule has 35 heavy (non-hydrogen) atoms. The van der Waals surface area contributed by atoms with E-state index in [0.29, 0.717) is 23.4 Å². The van der Waals surface area contributed by atoms with Gasteiger partial charge in [0.15, 0.2) is 0 Å². The van der Waals surface area contributed by atoms with Gasteiger partial charge in [-0.05, 0) is 24.3 Å². The Hall–Kier alpha value is -4.38. The number of carbonyl (C=O) groups is 1. The fourth-order valence-corrected chi connectivity index (χ4v) is 3.96. The first-order valence-electron chi connectivity index (χ1n) is 11.0. The summed E-state index contributed by atoms with van der Waals surface area (Å²) in [5.41, 5.74) is 0.529. The van der Waals surface area contributed by atoms with Crippen molar-refractivity contribution in [2.24, 2.45) is 0 Å². The predicted octanol–water partition coefficient (Wildman–Crippen LogP) is 1.88. The first-order chi connectivity index (χ1) is 17.0. The van der Waals surface area contributed by atoms with Crippen LogP contribution in [-0.4, -0.2) is 48.4 Å². The number of tetrazole rings is 1. The summed E-state index contributed by atoms with van der Waals surface area (Å²) in [5, 5.41) is 12.9. The van der Waals surface area contributed by atoms with Crippen LogP contribution in [0.2, 0.25) is 0 Å². The number of esters is 1. The normalized spacial score (nSPS) is 19.5. The molecule has 1 N–H and O–H groups in total. The van der Waals surface area contributed by atoms with E-state index in [2.05, 4.69) is 20.4 Å². The van der Waals surface area contributed by atoms with E-state index in [4.69, 9.17) is 9.47 Å². The Balaban J connectivity index is 1.42. The maximum Gasteiger partial charge on any atom is 0.338 e. The summed E-state index contributed by atoms with van der Waals surface area (Å²) in [4.78, 5) is 40.5. The number of aryl methyl sites for hydroxylation is 1. The molecule has 11 heteroatoms. The zero-order valence-corrected chi connectivity index (χ0v) is 18.8. The van der Waals surface area contributed by atoms with Crippen LogP contribution in [0.1, 0.15) is 34.6 Å². The highest BCUT2D eigenvalue weighted by Gasteiger charge is 2.40. The minimum atomic E-state index is -0.727. The van der Waals surface area contributed by atoms with Crippen molar-refractivity contribution < 1.29 is 14.3 Å². The van der Waals surface area contributed by atoms with Gasteiger partial charge < -0.3 is 9.47 Å². The van der Waals surface area contributed by atoms with Gasteiger partial charge in [0.1, 0.15) is 25.0 Å². The van der Waals surface area contributed by atoms with Crippen molar-refractivity contribution in [3.05, 3.63) is 98.8 Å². The van der Waals surface area contributed by atoms with Gasteiger partial charge in [-0.3, -0.25) is 14.3 Å². The highest BCUT2D eigenvalue weighted by Crippen LogP contribution is 2.36. The van der Waals surface area contributed by atoms with Crippen molar-refractivity contribution in [2.75, 3.05) is 6.61 Å². The fourth-order valence-electron chi connectivity index (χ4n) is 3.96. The van der Waals surface area contributed by atoms with Crippen LogP contribution in [0.5, 0.6) is 0 Å². The highest BCUT2D eigenvalue weighted by atomic mass is 16.6. The minimum absolute atomic E-state index is 0.0891. The molecule has 1 fully saturated rings. The average molecular weight is 474 g/mol. The Bertz CT molecular complexity index is 1450. The number of aromatic nitrogens is 6. The number of rotatable bonds is 6. The number of nitrogens with zero attached hydrogens (tertiary/aromatic N) is 5. The van der Waals surface area contributed by atoms with Gasteiger partial charge in [0, 0.05) is 23.7 Å². The summed E-state index contributed by atoms with van der Waals surface area (Å²) in [7, 11) is 0. The molecule has 1 aliphatic heterocycles. The van der Waals surface area contributed by atoms with Crippen molar-refractivity contribution in [3.63, 3.8) is 0 Å². The molecule has 2 aromatic carbocycles. The topological polar surface area (TPSA) is 134 Å². The first-order valence-corrected chi connectivity index (χ1v) is 11.0. The Morgan fingerprint density at radius 3 is 2.57 bits per heavy atom. The first kappa shape index (κ1) is 22.4. The van der Waals surface area contributed by atoms with Gasteiger partial charge in [0.05, 0.1) is 5.56 Å². The SMILES string of the molecule is Cc1cn(C2CC(n3nnc(-c4ccccc4)n3)C(COC(=O)c3ccccc3)O2)c(=O)[nH]c1=O. The van der Waals surface area contributed by atoms with E-state index in [1.54, 1.807) is 31.2 Å². The van der Waals surface area contributed by atoms with E-state index >= 15 is 0 Å². The molecule has 0 saturated carbocycles. The van der Waals surface area contributed by atoms with Gasteiger partial charge in [0.25, 0.3) is 5.56 Å². The van der Waals surface area contributed by atoms with Gasteiger partial charge in [-0.15, -0.1) is 10.2 Å². The smallest absolute Gasteiger partial charge is 0.338 e. The van der Waals surface area contributed by atoms with E-state index in [1.165, 1.54) is 15.6 Å². The molecule has 1 saturated heterocycles. The summed E-state index contributed by atoms with van der Waals surface area (Å²) in [6.45, 7) is 1.51. The molecule has 0 radical (unpaired) electrons. The molecule has 178 valence electrons. The van der Waals surface area contributed by atoms with Crippen molar-refractivity contribution in [3.8, 4) is 11.4 Å². The second kappa shape index (κ2) is 9.47. The van der Waals surface area contributed by atoms with Crippen LogP contribution in [0.25, 0.3) is 11.4 Å². The molecule has 11 nitrogen and oxygen atoms in total. The number of nitrogens with one attached hydrogen (secondary N) is 1. The molecule has 0 amide bonds. The van der Waals surface area contributed by atoms with Gasteiger partial charge in [0.2, 0.25) is 5.82 Å². The molecule has 3 heterocycles. The summed E-state index contributed by atoms with van der Waals surface area (Å²) in [6.07, 6.45) is 0.355. The summed E-state index contributed by atoms with van der Waals surface area (Å²) >= 11 is 0. The van der Waals surface area contributed by atoms with Crippen LogP contribution in [0.4, 0.5) is 0 Å². The van der Waals surface area contributed by atoms with Gasteiger partial charge >= 0.3 is 11.7 Å². The summed E-state index contributed by atoms with van der Waals surface area (Å²) in [5.74, 6) is -0.0592. The Morgan fingerprint density at radius 2 is 1.83 bits per heavy atom. The summed E-state index contributed by atoms with van der Waals surface area (Å²) in [6, 6.07) is 17.5. The molecule has 3 unspecified atom stereocenters. The van der Waals surface area contributed by atoms with E-state index in [0.717, 1.165) is 5.56 Å². The van der Waals surface area contributed by atoms with Crippen LogP contribution >= 0.6 is 0 Å². The lowest BCUT2D eigenvalue weighted by Gasteiger charge is -2.17. The zero-order valence-electron chi connectivity index (χ0n) is 18.8. The number of hydrogen-bond donors (Lipinski definition) is 1. The molecule has 5 rings (SSSR count). The highest BCUT2D eigenvalue weighted by molar-refractivity contribution is 5.89. The van der Waals surface area contributed by atoms with E-state index in [9.17, 15) is 14.4 Å². The van der Waals surface area contributed by atoms with Gasteiger partial charge in [-0.25, -0.2) is 9.59 Å². The lowest BCUT2D eigenvalue weighted by atomic mass is 10.1. The molecule has 1 aliphatic rings. The second-order valence-electron chi connectivity index (χ2n) is 8.17. The quantitative estimate of drug-likeness (QED) is 0.419. The molecule has 0 aliphatic carbocycles. The number of H-pyrrole nitrogens is 1. The van der Waals surface area contributed by atoms with Crippen LogP contribution < -0.4 is 11.2 Å². The third-order valence-electron chi connectivity index (χ3n) is 5.81. The van der Waals surface area contributed by atoms with Crippen molar-refractivity contribution >= 4 is 5.97 Å². The minimum Gasteiger partial charge on any atom is -0.459 e. The second-order valence-corrected chi connectivity index (χ2v) is 8.17. The number of benzene rings is 2. The third-order valence-corrected chi connectivity index (χ3v) is 5.81. The maximum absolute atomic E-state index is 12.5. The molecular weight excluding hydrogens is 452 g/mol. The molecule has 2 aromatic heterocycles. The van der Waals surface area contributed by atoms with Crippen LogP contribution in [0, 0.1) is 6.92 Å².